The maximum atomic E-state index is 12.4. The zero-order chi connectivity index (χ0) is 13.8. The third-order valence-corrected chi connectivity index (χ3v) is 3.06. The summed E-state index contributed by atoms with van der Waals surface area (Å²) in [7, 11) is 3.24. The van der Waals surface area contributed by atoms with E-state index in [0.29, 0.717) is 22.0 Å². The van der Waals surface area contributed by atoms with E-state index in [2.05, 4.69) is 4.98 Å². The Bertz CT molecular complexity index is 602. The predicted octanol–water partition coefficient (Wildman–Crippen LogP) is 3.02. The van der Waals surface area contributed by atoms with Crippen LogP contribution in [0.25, 0.3) is 0 Å². The summed E-state index contributed by atoms with van der Waals surface area (Å²) < 4.78 is 5.24. The summed E-state index contributed by atoms with van der Waals surface area (Å²) in [6.07, 6.45) is 2.99. The first-order chi connectivity index (χ1) is 9.15. The van der Waals surface area contributed by atoms with Crippen LogP contribution in [-0.4, -0.2) is 25.0 Å². The molecule has 0 spiro atoms. The number of carbonyl (C=O) groups is 1. The van der Waals surface area contributed by atoms with Crippen molar-refractivity contribution >= 4 is 23.2 Å². The summed E-state index contributed by atoms with van der Waals surface area (Å²) in [6.45, 7) is 0. The summed E-state index contributed by atoms with van der Waals surface area (Å²) in [5.41, 5.74) is 1.09. The summed E-state index contributed by atoms with van der Waals surface area (Å²) >= 11 is 5.98. The van der Waals surface area contributed by atoms with Crippen LogP contribution in [0.3, 0.4) is 0 Å². The molecule has 19 heavy (non-hydrogen) atoms. The molecular weight excluding hydrogens is 264 g/mol. The fraction of sp³-hybridized carbons (Fsp3) is 0.143. The van der Waals surface area contributed by atoms with Crippen LogP contribution in [0.15, 0.2) is 42.7 Å². The normalized spacial score (nSPS) is 10.1. The van der Waals surface area contributed by atoms with Gasteiger partial charge in [-0.1, -0.05) is 23.7 Å². The molecule has 0 saturated carbocycles. The summed E-state index contributed by atoms with van der Waals surface area (Å²) in [4.78, 5) is 17.8. The smallest absolute Gasteiger partial charge is 0.259 e. The van der Waals surface area contributed by atoms with Crippen LogP contribution < -0.4 is 9.64 Å². The first-order valence-corrected chi connectivity index (χ1v) is 6.03. The Hall–Kier alpha value is -2.07. The number of methoxy groups -OCH3 is 1. The van der Waals surface area contributed by atoms with Gasteiger partial charge in [0, 0.05) is 19.4 Å². The molecule has 0 fully saturated rings. The lowest BCUT2D eigenvalue weighted by Crippen LogP contribution is -2.26. The molecule has 0 atom stereocenters. The van der Waals surface area contributed by atoms with Crippen molar-refractivity contribution in [3.63, 3.8) is 0 Å². The van der Waals surface area contributed by atoms with Crippen molar-refractivity contribution < 1.29 is 9.53 Å². The van der Waals surface area contributed by atoms with E-state index in [1.807, 2.05) is 18.2 Å². The standard InChI is InChI=1S/C14H13ClN2O2/c1-17(12-5-3-4-6-13(12)19-2)14(18)10-7-8-16-9-11(10)15/h3-9H,1-2H3. The monoisotopic (exact) mass is 276 g/mol. The van der Waals surface area contributed by atoms with Crippen molar-refractivity contribution in [3.05, 3.63) is 53.3 Å². The Morgan fingerprint density at radius 3 is 2.74 bits per heavy atom. The van der Waals surface area contributed by atoms with Crippen molar-refractivity contribution in [2.45, 2.75) is 0 Å². The number of hydrogen-bond donors (Lipinski definition) is 0. The van der Waals surface area contributed by atoms with Gasteiger partial charge >= 0.3 is 0 Å². The maximum absolute atomic E-state index is 12.4. The Morgan fingerprint density at radius 2 is 2.05 bits per heavy atom. The van der Waals surface area contributed by atoms with E-state index in [1.54, 1.807) is 26.3 Å². The van der Waals surface area contributed by atoms with E-state index in [1.165, 1.54) is 17.3 Å². The molecule has 2 rings (SSSR count). The lowest BCUT2D eigenvalue weighted by Gasteiger charge is -2.20. The van der Waals surface area contributed by atoms with Crippen molar-refractivity contribution in [1.82, 2.24) is 4.98 Å². The molecule has 0 saturated heterocycles. The van der Waals surface area contributed by atoms with Crippen LogP contribution in [0.2, 0.25) is 5.02 Å². The van der Waals surface area contributed by atoms with Gasteiger partial charge in [-0.2, -0.15) is 0 Å². The summed E-state index contributed by atoms with van der Waals surface area (Å²) in [5.74, 6) is 0.417. The zero-order valence-electron chi connectivity index (χ0n) is 10.6. The maximum Gasteiger partial charge on any atom is 0.259 e. The van der Waals surface area contributed by atoms with Crippen LogP contribution in [0, 0.1) is 0 Å². The Morgan fingerprint density at radius 1 is 1.32 bits per heavy atom. The first kappa shape index (κ1) is 13.4. The first-order valence-electron chi connectivity index (χ1n) is 5.65. The molecule has 1 aromatic heterocycles. The number of pyridine rings is 1. The van der Waals surface area contributed by atoms with E-state index in [0.717, 1.165) is 0 Å². The summed E-state index contributed by atoms with van der Waals surface area (Å²) in [5, 5.41) is 0.328. The van der Waals surface area contributed by atoms with Gasteiger partial charge in [-0.3, -0.25) is 9.78 Å². The second kappa shape index (κ2) is 5.71. The van der Waals surface area contributed by atoms with Crippen molar-refractivity contribution in [2.75, 3.05) is 19.1 Å². The molecule has 0 N–H and O–H groups in total. The van der Waals surface area contributed by atoms with Crippen molar-refractivity contribution in [3.8, 4) is 5.75 Å². The van der Waals surface area contributed by atoms with Crippen LogP contribution in [-0.2, 0) is 0 Å². The Balaban J connectivity index is 2.37. The molecular formula is C14H13ClN2O2. The molecule has 4 nitrogen and oxygen atoms in total. The third-order valence-electron chi connectivity index (χ3n) is 2.75. The SMILES string of the molecule is COc1ccccc1N(C)C(=O)c1ccncc1Cl. The topological polar surface area (TPSA) is 42.4 Å². The fourth-order valence-corrected chi connectivity index (χ4v) is 1.95. The van der Waals surface area contributed by atoms with Gasteiger partial charge in [0.05, 0.1) is 23.4 Å². The van der Waals surface area contributed by atoms with Gasteiger partial charge in [-0.25, -0.2) is 0 Å². The largest absolute Gasteiger partial charge is 0.495 e. The molecule has 0 aliphatic heterocycles. The number of aromatic nitrogens is 1. The molecule has 1 heterocycles. The lowest BCUT2D eigenvalue weighted by molar-refractivity contribution is 0.0992. The van der Waals surface area contributed by atoms with Gasteiger partial charge in [0.1, 0.15) is 5.75 Å². The number of hydrogen-bond acceptors (Lipinski definition) is 3. The summed E-state index contributed by atoms with van der Waals surface area (Å²) in [6, 6.07) is 8.89. The minimum absolute atomic E-state index is 0.211. The van der Waals surface area contributed by atoms with Gasteiger partial charge in [-0.15, -0.1) is 0 Å². The lowest BCUT2D eigenvalue weighted by atomic mass is 10.2. The van der Waals surface area contributed by atoms with E-state index in [-0.39, 0.29) is 5.91 Å². The van der Waals surface area contributed by atoms with Crippen molar-refractivity contribution in [2.24, 2.45) is 0 Å². The molecule has 1 aromatic carbocycles. The van der Waals surface area contributed by atoms with Crippen LogP contribution in [0.5, 0.6) is 5.75 Å². The second-order valence-corrected chi connectivity index (χ2v) is 4.30. The molecule has 0 aliphatic rings. The highest BCUT2D eigenvalue weighted by atomic mass is 35.5. The second-order valence-electron chi connectivity index (χ2n) is 3.89. The Labute approximate surface area is 116 Å². The highest BCUT2D eigenvalue weighted by Gasteiger charge is 2.18. The van der Waals surface area contributed by atoms with Gasteiger partial charge in [0.2, 0.25) is 0 Å². The van der Waals surface area contributed by atoms with Crippen LogP contribution >= 0.6 is 11.6 Å². The number of para-hydroxylation sites is 2. The third kappa shape index (κ3) is 2.69. The van der Waals surface area contributed by atoms with Gasteiger partial charge in [-0.05, 0) is 18.2 Å². The van der Waals surface area contributed by atoms with E-state index in [9.17, 15) is 4.79 Å². The number of benzene rings is 1. The molecule has 2 aromatic rings. The fourth-order valence-electron chi connectivity index (χ4n) is 1.75. The molecule has 5 heteroatoms. The Kier molecular flexibility index (Phi) is 4.02. The van der Waals surface area contributed by atoms with Gasteiger partial charge in [0.25, 0.3) is 5.91 Å². The number of anilines is 1. The molecule has 0 bridgehead atoms. The average Bonchev–Trinajstić information content (AvgIpc) is 2.46. The number of ether oxygens (including phenoxy) is 1. The minimum Gasteiger partial charge on any atom is -0.495 e. The van der Waals surface area contributed by atoms with Gasteiger partial charge in [0.15, 0.2) is 0 Å². The van der Waals surface area contributed by atoms with E-state index in [4.69, 9.17) is 16.3 Å². The number of halogens is 1. The van der Waals surface area contributed by atoms with Crippen LogP contribution in [0.4, 0.5) is 5.69 Å². The molecule has 98 valence electrons. The molecule has 0 unspecified atom stereocenters. The molecule has 0 radical (unpaired) electrons. The highest BCUT2D eigenvalue weighted by Crippen LogP contribution is 2.28. The van der Waals surface area contributed by atoms with Crippen molar-refractivity contribution in [1.29, 1.82) is 0 Å². The predicted molar refractivity (Wildman–Crippen MR) is 75.0 cm³/mol. The number of nitrogens with zero attached hydrogens (tertiary/aromatic N) is 2. The van der Waals surface area contributed by atoms with Gasteiger partial charge < -0.3 is 9.64 Å². The quantitative estimate of drug-likeness (QED) is 0.865. The number of amides is 1. The number of carbonyl (C=O) groups excluding carboxylic acids is 1. The highest BCUT2D eigenvalue weighted by molar-refractivity contribution is 6.34. The molecule has 1 amide bonds. The zero-order valence-corrected chi connectivity index (χ0v) is 11.4. The van der Waals surface area contributed by atoms with E-state index >= 15 is 0 Å². The minimum atomic E-state index is -0.211. The number of rotatable bonds is 3. The van der Waals surface area contributed by atoms with Crippen LogP contribution in [0.1, 0.15) is 10.4 Å². The van der Waals surface area contributed by atoms with E-state index < -0.39 is 0 Å². The average molecular weight is 277 g/mol. The molecule has 0 aliphatic carbocycles.